The Bertz CT molecular complexity index is 401. The van der Waals surface area contributed by atoms with Crippen LogP contribution in [0.1, 0.15) is 0 Å². The molecule has 0 fully saturated rings. The fraction of sp³-hybridized carbons (Fsp3) is 0. The van der Waals surface area contributed by atoms with Crippen LogP contribution >= 0.6 is 37.2 Å². The summed E-state index contributed by atoms with van der Waals surface area (Å²) in [4.78, 5) is 14.3. The topological polar surface area (TPSA) is 106 Å². The van der Waals surface area contributed by atoms with E-state index in [0.29, 0.717) is 17.0 Å². The second-order valence-electron chi connectivity index (χ2n) is 2.07. The first kappa shape index (κ1) is 15.5. The van der Waals surface area contributed by atoms with Gasteiger partial charge in [-0.1, -0.05) is 0 Å². The van der Waals surface area contributed by atoms with E-state index in [1.165, 1.54) is 6.33 Å². The molecule has 2 rings (SSSR count). The largest absolute Gasteiger partial charge is 0.382 e. The molecule has 0 aliphatic rings. The molecular weight excluding hydrogens is 250 g/mol. The highest BCUT2D eigenvalue weighted by Gasteiger charge is 2.03. The Morgan fingerprint density at radius 2 is 1.71 bits per heavy atom. The standard InChI is InChI=1S/C5H6N6.3ClH/c6-3-2-4(9-1-8-2)11-5(7)10-3;;;/h1H,(H5,6,7,8,9,10,11);3*1H. The van der Waals surface area contributed by atoms with Crippen molar-refractivity contribution in [3.63, 3.8) is 0 Å². The van der Waals surface area contributed by atoms with Crippen molar-refractivity contribution in [2.45, 2.75) is 0 Å². The van der Waals surface area contributed by atoms with Crippen LogP contribution in [-0.4, -0.2) is 19.9 Å². The summed E-state index contributed by atoms with van der Waals surface area (Å²) in [5.74, 6) is 0.465. The van der Waals surface area contributed by atoms with Gasteiger partial charge in [0.15, 0.2) is 11.5 Å². The zero-order valence-electron chi connectivity index (χ0n) is 6.80. The fourth-order valence-electron chi connectivity index (χ4n) is 0.873. The van der Waals surface area contributed by atoms with Gasteiger partial charge in [0.25, 0.3) is 0 Å². The van der Waals surface area contributed by atoms with Gasteiger partial charge in [0, 0.05) is 0 Å². The van der Waals surface area contributed by atoms with E-state index < -0.39 is 0 Å². The number of hydrogen-bond donors (Lipinski definition) is 3. The molecule has 0 unspecified atom stereocenters. The van der Waals surface area contributed by atoms with Gasteiger partial charge in [-0.3, -0.25) is 0 Å². The van der Waals surface area contributed by atoms with Gasteiger partial charge in [-0.2, -0.15) is 9.97 Å². The third-order valence-corrected chi connectivity index (χ3v) is 1.33. The van der Waals surface area contributed by atoms with Crippen LogP contribution in [0.25, 0.3) is 11.2 Å². The van der Waals surface area contributed by atoms with Gasteiger partial charge in [0.05, 0.1) is 6.33 Å². The summed E-state index contributed by atoms with van der Waals surface area (Å²) in [6.45, 7) is 0. The molecule has 5 N–H and O–H groups in total. The molecule has 0 saturated carbocycles. The third-order valence-electron chi connectivity index (χ3n) is 1.33. The highest BCUT2D eigenvalue weighted by molar-refractivity contribution is 5.86. The minimum atomic E-state index is 0. The van der Waals surface area contributed by atoms with Crippen molar-refractivity contribution in [1.29, 1.82) is 0 Å². The molecule has 0 amide bonds. The average Bonchev–Trinajstić information content (AvgIpc) is 2.34. The van der Waals surface area contributed by atoms with Crippen LogP contribution in [0, 0.1) is 0 Å². The van der Waals surface area contributed by atoms with Gasteiger partial charge in [0.2, 0.25) is 5.95 Å². The van der Waals surface area contributed by atoms with Crippen LogP contribution < -0.4 is 11.5 Å². The molecule has 0 aliphatic carbocycles. The van der Waals surface area contributed by atoms with Crippen molar-refractivity contribution in [1.82, 2.24) is 19.9 Å². The van der Waals surface area contributed by atoms with Crippen molar-refractivity contribution in [3.05, 3.63) is 6.33 Å². The Kier molecular flexibility index (Phi) is 6.29. The number of nitrogens with one attached hydrogen (secondary N) is 1. The van der Waals surface area contributed by atoms with Gasteiger partial charge in [-0.05, 0) is 0 Å². The van der Waals surface area contributed by atoms with Gasteiger partial charge < -0.3 is 16.5 Å². The number of aromatic amines is 1. The summed E-state index contributed by atoms with van der Waals surface area (Å²) in [6.07, 6.45) is 1.50. The number of nitrogens with zero attached hydrogens (tertiary/aromatic N) is 3. The van der Waals surface area contributed by atoms with E-state index >= 15 is 0 Å². The van der Waals surface area contributed by atoms with Crippen LogP contribution in [-0.2, 0) is 0 Å². The van der Waals surface area contributed by atoms with Crippen LogP contribution in [0.5, 0.6) is 0 Å². The highest BCUT2D eigenvalue weighted by Crippen LogP contribution is 2.12. The van der Waals surface area contributed by atoms with Crippen LogP contribution in [0.2, 0.25) is 0 Å². The molecule has 0 atom stereocenters. The molecule has 0 saturated heterocycles. The molecule has 0 radical (unpaired) electrons. The second-order valence-corrected chi connectivity index (χ2v) is 2.07. The zero-order chi connectivity index (χ0) is 7.84. The minimum absolute atomic E-state index is 0. The third kappa shape index (κ3) is 2.50. The SMILES string of the molecule is Cl.Cl.Cl.Nc1nc(N)c2[nH]cnc2n1. The Labute approximate surface area is 98.1 Å². The Balaban J connectivity index is 0. The monoisotopic (exact) mass is 258 g/mol. The van der Waals surface area contributed by atoms with E-state index in [1.807, 2.05) is 0 Å². The number of fused-ring (bicyclic) bond motifs is 1. The Morgan fingerprint density at radius 1 is 1.07 bits per heavy atom. The number of nitrogens with two attached hydrogens (primary N) is 2. The zero-order valence-corrected chi connectivity index (χ0v) is 9.25. The van der Waals surface area contributed by atoms with E-state index in [9.17, 15) is 0 Å². The number of nitrogen functional groups attached to an aromatic ring is 2. The van der Waals surface area contributed by atoms with Crippen molar-refractivity contribution < 1.29 is 0 Å². The summed E-state index contributed by atoms with van der Waals surface area (Å²) in [7, 11) is 0. The number of rotatable bonds is 0. The molecule has 0 bridgehead atoms. The van der Waals surface area contributed by atoms with Crippen molar-refractivity contribution in [3.8, 4) is 0 Å². The second kappa shape index (κ2) is 5.69. The fourth-order valence-corrected chi connectivity index (χ4v) is 0.873. The molecule has 2 aromatic rings. The van der Waals surface area contributed by atoms with Gasteiger partial charge in [-0.25, -0.2) is 4.98 Å². The first-order valence-corrected chi connectivity index (χ1v) is 2.99. The summed E-state index contributed by atoms with van der Waals surface area (Å²) >= 11 is 0. The molecular formula is C5H9Cl3N6. The average molecular weight is 260 g/mol. The molecule has 0 spiro atoms. The van der Waals surface area contributed by atoms with Gasteiger partial charge >= 0.3 is 0 Å². The predicted molar refractivity (Wildman–Crippen MR) is 62.3 cm³/mol. The van der Waals surface area contributed by atoms with E-state index in [0.717, 1.165) is 0 Å². The van der Waals surface area contributed by atoms with Crippen LogP contribution in [0.4, 0.5) is 11.8 Å². The number of halogens is 3. The molecule has 0 aromatic carbocycles. The molecule has 80 valence electrons. The first-order chi connectivity index (χ1) is 5.27. The molecule has 6 nitrogen and oxygen atoms in total. The Morgan fingerprint density at radius 3 is 2.36 bits per heavy atom. The van der Waals surface area contributed by atoms with Gasteiger partial charge in [0.1, 0.15) is 5.52 Å². The summed E-state index contributed by atoms with van der Waals surface area (Å²) < 4.78 is 0. The minimum Gasteiger partial charge on any atom is -0.382 e. The molecule has 9 heteroatoms. The van der Waals surface area contributed by atoms with Crippen molar-refractivity contribution >= 4 is 60.2 Å². The number of hydrogen-bond acceptors (Lipinski definition) is 5. The highest BCUT2D eigenvalue weighted by atomic mass is 35.5. The quantitative estimate of drug-likeness (QED) is 0.648. The number of imidazole rings is 1. The lowest BCUT2D eigenvalue weighted by molar-refractivity contribution is 1.22. The number of anilines is 2. The lowest BCUT2D eigenvalue weighted by Crippen LogP contribution is -1.99. The summed E-state index contributed by atoms with van der Waals surface area (Å²) in [5, 5.41) is 0. The first-order valence-electron chi connectivity index (χ1n) is 2.99. The van der Waals surface area contributed by atoms with Gasteiger partial charge in [-0.15, -0.1) is 37.2 Å². The number of aromatic nitrogens is 4. The number of H-pyrrole nitrogens is 1. The molecule has 0 aliphatic heterocycles. The van der Waals surface area contributed by atoms with E-state index in [1.54, 1.807) is 0 Å². The Hall–Kier alpha value is -0.980. The molecule has 14 heavy (non-hydrogen) atoms. The van der Waals surface area contributed by atoms with E-state index in [4.69, 9.17) is 11.5 Å². The van der Waals surface area contributed by atoms with Crippen LogP contribution in [0.15, 0.2) is 6.33 Å². The van der Waals surface area contributed by atoms with E-state index in [2.05, 4.69) is 19.9 Å². The maximum absolute atomic E-state index is 5.50. The molecule has 2 aromatic heterocycles. The lowest BCUT2D eigenvalue weighted by Gasteiger charge is -1.94. The summed E-state index contributed by atoms with van der Waals surface area (Å²) in [6, 6.07) is 0. The maximum atomic E-state index is 5.50. The maximum Gasteiger partial charge on any atom is 0.224 e. The predicted octanol–water partition coefficient (Wildman–Crippen LogP) is 0.783. The lowest BCUT2D eigenvalue weighted by atomic mass is 10.5. The van der Waals surface area contributed by atoms with Crippen molar-refractivity contribution in [2.75, 3.05) is 11.5 Å². The van der Waals surface area contributed by atoms with E-state index in [-0.39, 0.29) is 43.2 Å². The normalized spacial score (nSPS) is 8.29. The molecule has 2 heterocycles. The van der Waals surface area contributed by atoms with Crippen LogP contribution in [0.3, 0.4) is 0 Å². The van der Waals surface area contributed by atoms with Crippen molar-refractivity contribution in [2.24, 2.45) is 0 Å². The summed E-state index contributed by atoms with van der Waals surface area (Å²) in [5.41, 5.74) is 11.9. The smallest absolute Gasteiger partial charge is 0.224 e.